The van der Waals surface area contributed by atoms with Crippen LogP contribution in [0.3, 0.4) is 0 Å². The van der Waals surface area contributed by atoms with Crippen molar-refractivity contribution in [3.8, 4) is 5.75 Å². The van der Waals surface area contributed by atoms with Crippen LogP contribution in [0.5, 0.6) is 5.75 Å². The molecule has 0 atom stereocenters. The number of aromatic nitrogens is 2. The normalized spacial score (nSPS) is 10.9. The monoisotopic (exact) mass is 447 g/mol. The first-order valence-corrected chi connectivity index (χ1v) is 7.47. The van der Waals surface area contributed by atoms with Crippen LogP contribution in [0.1, 0.15) is 12.0 Å². The van der Waals surface area contributed by atoms with Crippen LogP contribution in [-0.2, 0) is 13.1 Å². The molecule has 1 aromatic carbocycles. The molecule has 0 saturated heterocycles. The number of hydrogen-bond acceptors (Lipinski definition) is 3. The van der Waals surface area contributed by atoms with Gasteiger partial charge in [-0.3, -0.25) is 9.67 Å². The summed E-state index contributed by atoms with van der Waals surface area (Å²) in [4.78, 5) is 4.15. The topological polar surface area (TPSA) is 63.5 Å². The Balaban J connectivity index is 0.00000288. The summed E-state index contributed by atoms with van der Waals surface area (Å²) in [6, 6.07) is 6.80. The summed E-state index contributed by atoms with van der Waals surface area (Å²) >= 11 is 0. The molecule has 6 nitrogen and oxygen atoms in total. The Bertz CT molecular complexity index is 633. The average Bonchev–Trinajstić information content (AvgIpc) is 3.07. The van der Waals surface area contributed by atoms with Gasteiger partial charge in [0.1, 0.15) is 0 Å². The quantitative estimate of drug-likeness (QED) is 0.296. The molecule has 1 aromatic heterocycles. The zero-order valence-corrected chi connectivity index (χ0v) is 16.2. The second-order valence-corrected chi connectivity index (χ2v) is 4.94. The van der Waals surface area contributed by atoms with Gasteiger partial charge >= 0.3 is 0 Å². The van der Waals surface area contributed by atoms with Crippen LogP contribution >= 0.6 is 24.0 Å². The van der Waals surface area contributed by atoms with E-state index in [2.05, 4.69) is 20.7 Å². The highest BCUT2D eigenvalue weighted by Gasteiger charge is 2.04. The van der Waals surface area contributed by atoms with Gasteiger partial charge in [-0.2, -0.15) is 5.10 Å². The van der Waals surface area contributed by atoms with E-state index in [-0.39, 0.29) is 35.5 Å². The molecule has 0 bridgehead atoms. The number of aliphatic imine (C=N–C) groups is 1. The number of hydrogen-bond donors (Lipinski definition) is 2. The first-order chi connectivity index (χ1) is 11.2. The predicted molar refractivity (Wildman–Crippen MR) is 103 cm³/mol. The fourth-order valence-electron chi connectivity index (χ4n) is 2.11. The first kappa shape index (κ1) is 20.2. The lowest BCUT2D eigenvalue weighted by Crippen LogP contribution is -2.37. The largest absolute Gasteiger partial charge is 0.494 e. The molecule has 2 N–H and O–H groups in total. The van der Waals surface area contributed by atoms with E-state index in [1.54, 1.807) is 19.3 Å². The molecule has 0 fully saturated rings. The van der Waals surface area contributed by atoms with Crippen LogP contribution in [-0.4, -0.2) is 36.4 Å². The fourth-order valence-corrected chi connectivity index (χ4v) is 2.11. The molecule has 0 aliphatic rings. The number of rotatable bonds is 7. The van der Waals surface area contributed by atoms with Crippen molar-refractivity contribution in [3.05, 3.63) is 48.0 Å². The molecule has 8 heteroatoms. The molecule has 0 unspecified atom stereocenters. The fraction of sp³-hybridized carbons (Fsp3) is 0.375. The molecule has 0 spiro atoms. The summed E-state index contributed by atoms with van der Waals surface area (Å²) in [5, 5.41) is 10.5. The first-order valence-electron chi connectivity index (χ1n) is 7.47. The van der Waals surface area contributed by atoms with Gasteiger partial charge in [-0.25, -0.2) is 4.39 Å². The van der Waals surface area contributed by atoms with Crippen molar-refractivity contribution < 1.29 is 9.13 Å². The highest BCUT2D eigenvalue weighted by molar-refractivity contribution is 14.0. The zero-order chi connectivity index (χ0) is 16.5. The Morgan fingerprint density at radius 2 is 2.21 bits per heavy atom. The predicted octanol–water partition coefficient (Wildman–Crippen LogP) is 2.40. The SMILES string of the molecule is CN=C(NCCCn1cccn1)NCc1ccc(OC)c(F)c1.I. The second kappa shape index (κ2) is 10.8. The molecule has 24 heavy (non-hydrogen) atoms. The van der Waals surface area contributed by atoms with E-state index in [0.717, 1.165) is 25.1 Å². The molecule has 0 aliphatic heterocycles. The maximum Gasteiger partial charge on any atom is 0.191 e. The molecule has 2 aromatic rings. The number of aryl methyl sites for hydroxylation is 1. The Morgan fingerprint density at radius 1 is 1.38 bits per heavy atom. The molecule has 0 aliphatic carbocycles. The van der Waals surface area contributed by atoms with Crippen LogP contribution in [0.15, 0.2) is 41.7 Å². The van der Waals surface area contributed by atoms with E-state index in [4.69, 9.17) is 4.74 Å². The standard InChI is InChI=1S/C16H22FN5O.HI/c1-18-16(19-7-3-9-22-10-4-8-21-22)20-12-13-5-6-15(23-2)14(17)11-13;/h4-6,8,10-11H,3,7,9,12H2,1-2H3,(H2,18,19,20);1H. The Morgan fingerprint density at radius 3 is 2.83 bits per heavy atom. The van der Waals surface area contributed by atoms with Gasteiger partial charge in [-0.05, 0) is 30.2 Å². The summed E-state index contributed by atoms with van der Waals surface area (Å²) < 4.78 is 20.4. The second-order valence-electron chi connectivity index (χ2n) is 4.94. The van der Waals surface area contributed by atoms with E-state index in [0.29, 0.717) is 12.5 Å². The minimum Gasteiger partial charge on any atom is -0.494 e. The van der Waals surface area contributed by atoms with Gasteiger partial charge in [0.05, 0.1) is 7.11 Å². The Kier molecular flexibility index (Phi) is 9.13. The van der Waals surface area contributed by atoms with Crippen LogP contribution in [0.2, 0.25) is 0 Å². The number of benzene rings is 1. The van der Waals surface area contributed by atoms with Gasteiger partial charge in [0.2, 0.25) is 0 Å². The molecule has 0 amide bonds. The van der Waals surface area contributed by atoms with E-state index in [1.165, 1.54) is 13.2 Å². The molecule has 0 radical (unpaired) electrons. The molecule has 1 heterocycles. The third kappa shape index (κ3) is 6.34. The van der Waals surface area contributed by atoms with Gasteiger partial charge in [0.25, 0.3) is 0 Å². The van der Waals surface area contributed by atoms with Crippen LogP contribution in [0.25, 0.3) is 0 Å². The van der Waals surface area contributed by atoms with Gasteiger partial charge in [-0.15, -0.1) is 24.0 Å². The lowest BCUT2D eigenvalue weighted by Gasteiger charge is -2.12. The minimum atomic E-state index is -0.367. The van der Waals surface area contributed by atoms with Gasteiger partial charge in [0.15, 0.2) is 17.5 Å². The molecule has 0 saturated carbocycles. The van der Waals surface area contributed by atoms with Crippen LogP contribution in [0.4, 0.5) is 4.39 Å². The molecular weight excluding hydrogens is 424 g/mol. The van der Waals surface area contributed by atoms with Crippen molar-refractivity contribution >= 4 is 29.9 Å². The van der Waals surface area contributed by atoms with Gasteiger partial charge < -0.3 is 15.4 Å². The number of nitrogens with zero attached hydrogens (tertiary/aromatic N) is 3. The minimum absolute atomic E-state index is 0. The summed E-state index contributed by atoms with van der Waals surface area (Å²) in [6.45, 7) is 2.11. The number of methoxy groups -OCH3 is 1. The van der Waals surface area contributed by atoms with E-state index < -0.39 is 0 Å². The van der Waals surface area contributed by atoms with Gasteiger partial charge in [0, 0.05) is 39.1 Å². The lowest BCUT2D eigenvalue weighted by atomic mass is 10.2. The maximum atomic E-state index is 13.6. The number of guanidine groups is 1. The summed E-state index contributed by atoms with van der Waals surface area (Å²) in [5.74, 6) is 0.561. The van der Waals surface area contributed by atoms with Crippen molar-refractivity contribution in [2.75, 3.05) is 20.7 Å². The van der Waals surface area contributed by atoms with Crippen molar-refractivity contribution in [2.24, 2.45) is 4.99 Å². The third-order valence-corrected chi connectivity index (χ3v) is 3.32. The van der Waals surface area contributed by atoms with E-state index >= 15 is 0 Å². The molecule has 132 valence electrons. The lowest BCUT2D eigenvalue weighted by molar-refractivity contribution is 0.386. The highest BCUT2D eigenvalue weighted by atomic mass is 127. The summed E-state index contributed by atoms with van der Waals surface area (Å²) in [7, 11) is 3.16. The molecular formula is C16H23FIN5O. The van der Waals surface area contributed by atoms with Crippen molar-refractivity contribution in [3.63, 3.8) is 0 Å². The van der Waals surface area contributed by atoms with Crippen molar-refractivity contribution in [1.82, 2.24) is 20.4 Å². The third-order valence-electron chi connectivity index (χ3n) is 3.32. The van der Waals surface area contributed by atoms with E-state index in [1.807, 2.05) is 23.0 Å². The highest BCUT2D eigenvalue weighted by Crippen LogP contribution is 2.17. The van der Waals surface area contributed by atoms with Crippen molar-refractivity contribution in [1.29, 1.82) is 0 Å². The molecule has 2 rings (SSSR count). The number of ether oxygens (including phenoxy) is 1. The summed E-state index contributed by atoms with van der Waals surface area (Å²) in [6.07, 6.45) is 4.63. The van der Waals surface area contributed by atoms with Crippen LogP contribution in [0, 0.1) is 5.82 Å². The zero-order valence-electron chi connectivity index (χ0n) is 13.8. The Hall–Kier alpha value is -1.84. The Labute approximate surface area is 158 Å². The van der Waals surface area contributed by atoms with Crippen LogP contribution < -0.4 is 15.4 Å². The number of nitrogens with one attached hydrogen (secondary N) is 2. The van der Waals surface area contributed by atoms with Gasteiger partial charge in [-0.1, -0.05) is 6.07 Å². The maximum absolute atomic E-state index is 13.6. The number of halogens is 2. The van der Waals surface area contributed by atoms with E-state index in [9.17, 15) is 4.39 Å². The average molecular weight is 447 g/mol. The summed E-state index contributed by atoms with van der Waals surface area (Å²) in [5.41, 5.74) is 0.822. The smallest absolute Gasteiger partial charge is 0.191 e. The van der Waals surface area contributed by atoms with Crippen molar-refractivity contribution in [2.45, 2.75) is 19.5 Å².